The summed E-state index contributed by atoms with van der Waals surface area (Å²) in [5.41, 5.74) is 1.03. The third-order valence-electron chi connectivity index (χ3n) is 3.49. The van der Waals surface area contributed by atoms with Gasteiger partial charge in [-0.05, 0) is 30.5 Å². The maximum Gasteiger partial charge on any atom is 0.0846 e. The van der Waals surface area contributed by atoms with E-state index >= 15 is 0 Å². The van der Waals surface area contributed by atoms with Gasteiger partial charge in [-0.25, -0.2) is 0 Å². The minimum atomic E-state index is 0.305. The molecule has 0 saturated heterocycles. The molecule has 4 nitrogen and oxygen atoms in total. The molecule has 21 heavy (non-hydrogen) atoms. The quantitative estimate of drug-likeness (QED) is 0.759. The second-order valence-corrected chi connectivity index (χ2v) is 6.40. The average molecular weight is 300 g/mol. The van der Waals surface area contributed by atoms with E-state index in [1.807, 2.05) is 24.6 Å². The Hall–Kier alpha value is -1.72. The number of thiophene rings is 1. The molecule has 0 aliphatic heterocycles. The van der Waals surface area contributed by atoms with Gasteiger partial charge < -0.3 is 5.32 Å². The van der Waals surface area contributed by atoms with Crippen molar-refractivity contribution in [3.63, 3.8) is 0 Å². The van der Waals surface area contributed by atoms with Crippen LogP contribution >= 0.6 is 11.3 Å². The molecule has 2 heterocycles. The minimum Gasteiger partial charge on any atom is -0.309 e. The summed E-state index contributed by atoms with van der Waals surface area (Å²) in [5, 5.41) is 13.2. The Balaban J connectivity index is 1.86. The molecular weight excluding hydrogens is 280 g/mol. The summed E-state index contributed by atoms with van der Waals surface area (Å²) in [4.78, 5) is 1.37. The molecule has 1 aromatic carbocycles. The van der Waals surface area contributed by atoms with Crippen LogP contribution < -0.4 is 5.32 Å². The van der Waals surface area contributed by atoms with Crippen LogP contribution in [0.15, 0.2) is 36.5 Å². The lowest BCUT2D eigenvalue weighted by Crippen LogP contribution is -2.23. The predicted molar refractivity (Wildman–Crippen MR) is 87.6 cm³/mol. The molecule has 5 heteroatoms. The Bertz CT molecular complexity index is 683. The first-order valence-corrected chi connectivity index (χ1v) is 8.15. The van der Waals surface area contributed by atoms with E-state index in [0.29, 0.717) is 6.04 Å². The SMILES string of the molecule is CCCNC(Cc1cn(C)nn1)c1cc2ccccc2s1. The third kappa shape index (κ3) is 3.31. The molecule has 1 unspecified atom stereocenters. The maximum atomic E-state index is 4.22. The van der Waals surface area contributed by atoms with E-state index in [0.717, 1.165) is 25.1 Å². The zero-order chi connectivity index (χ0) is 14.7. The number of aryl methyl sites for hydroxylation is 1. The van der Waals surface area contributed by atoms with E-state index in [9.17, 15) is 0 Å². The highest BCUT2D eigenvalue weighted by molar-refractivity contribution is 7.19. The predicted octanol–water partition coefficient (Wildman–Crippen LogP) is 3.31. The van der Waals surface area contributed by atoms with Crippen LogP contribution in [0.2, 0.25) is 0 Å². The Morgan fingerprint density at radius 3 is 2.90 bits per heavy atom. The zero-order valence-electron chi connectivity index (χ0n) is 12.4. The highest BCUT2D eigenvalue weighted by Gasteiger charge is 2.16. The molecule has 0 aliphatic carbocycles. The summed E-state index contributed by atoms with van der Waals surface area (Å²) in [5.74, 6) is 0. The Kier molecular flexibility index (Phi) is 4.31. The largest absolute Gasteiger partial charge is 0.309 e. The monoisotopic (exact) mass is 300 g/mol. The summed E-state index contributed by atoms with van der Waals surface area (Å²) >= 11 is 1.86. The summed E-state index contributed by atoms with van der Waals surface area (Å²) < 4.78 is 3.10. The molecule has 1 N–H and O–H groups in total. The molecule has 0 aliphatic rings. The molecule has 0 spiro atoms. The number of aromatic nitrogens is 3. The number of hydrogen-bond acceptors (Lipinski definition) is 4. The van der Waals surface area contributed by atoms with E-state index in [4.69, 9.17) is 0 Å². The lowest BCUT2D eigenvalue weighted by molar-refractivity contribution is 0.531. The van der Waals surface area contributed by atoms with Crippen molar-refractivity contribution < 1.29 is 0 Å². The van der Waals surface area contributed by atoms with Crippen molar-refractivity contribution >= 4 is 21.4 Å². The molecule has 0 saturated carbocycles. The van der Waals surface area contributed by atoms with Gasteiger partial charge in [0, 0.05) is 35.3 Å². The highest BCUT2D eigenvalue weighted by atomic mass is 32.1. The Labute approximate surface area is 128 Å². The molecule has 3 rings (SSSR count). The van der Waals surface area contributed by atoms with Gasteiger partial charge in [0.1, 0.15) is 0 Å². The number of nitrogens with zero attached hydrogens (tertiary/aromatic N) is 3. The van der Waals surface area contributed by atoms with Crippen LogP contribution in [0, 0.1) is 0 Å². The van der Waals surface area contributed by atoms with Gasteiger partial charge in [-0.2, -0.15) is 0 Å². The van der Waals surface area contributed by atoms with Crippen molar-refractivity contribution in [2.24, 2.45) is 7.05 Å². The highest BCUT2D eigenvalue weighted by Crippen LogP contribution is 2.31. The van der Waals surface area contributed by atoms with E-state index in [2.05, 4.69) is 52.9 Å². The van der Waals surface area contributed by atoms with Crippen molar-refractivity contribution in [3.05, 3.63) is 47.1 Å². The van der Waals surface area contributed by atoms with Crippen LogP contribution in [-0.2, 0) is 13.5 Å². The van der Waals surface area contributed by atoms with Crippen molar-refractivity contribution in [1.29, 1.82) is 0 Å². The van der Waals surface area contributed by atoms with Gasteiger partial charge in [0.05, 0.1) is 5.69 Å². The van der Waals surface area contributed by atoms with Crippen molar-refractivity contribution in [3.8, 4) is 0 Å². The van der Waals surface area contributed by atoms with Gasteiger partial charge in [0.2, 0.25) is 0 Å². The van der Waals surface area contributed by atoms with Gasteiger partial charge >= 0.3 is 0 Å². The number of fused-ring (bicyclic) bond motifs is 1. The normalized spacial score (nSPS) is 12.9. The summed E-state index contributed by atoms with van der Waals surface area (Å²) in [7, 11) is 1.91. The molecular formula is C16H20N4S. The zero-order valence-corrected chi connectivity index (χ0v) is 13.2. The number of rotatable bonds is 6. The molecule has 2 aromatic heterocycles. The van der Waals surface area contributed by atoms with E-state index < -0.39 is 0 Å². The van der Waals surface area contributed by atoms with Crippen LogP contribution in [0.25, 0.3) is 10.1 Å². The van der Waals surface area contributed by atoms with E-state index in [-0.39, 0.29) is 0 Å². The molecule has 0 bridgehead atoms. The molecule has 110 valence electrons. The average Bonchev–Trinajstić information content (AvgIpc) is 3.09. The summed E-state index contributed by atoms with van der Waals surface area (Å²) in [6.07, 6.45) is 4.00. The smallest absolute Gasteiger partial charge is 0.0846 e. The van der Waals surface area contributed by atoms with Crippen molar-refractivity contribution in [1.82, 2.24) is 20.3 Å². The van der Waals surface area contributed by atoms with Crippen LogP contribution in [0.1, 0.15) is 30.0 Å². The molecule has 1 atom stereocenters. The van der Waals surface area contributed by atoms with Crippen molar-refractivity contribution in [2.45, 2.75) is 25.8 Å². The van der Waals surface area contributed by atoms with Crippen LogP contribution in [0.5, 0.6) is 0 Å². The fraction of sp³-hybridized carbons (Fsp3) is 0.375. The molecule has 0 amide bonds. The van der Waals surface area contributed by atoms with Gasteiger partial charge in [0.15, 0.2) is 0 Å². The fourth-order valence-electron chi connectivity index (χ4n) is 2.46. The first-order valence-electron chi connectivity index (χ1n) is 7.33. The van der Waals surface area contributed by atoms with Gasteiger partial charge in [-0.3, -0.25) is 4.68 Å². The molecule has 0 radical (unpaired) electrons. The summed E-state index contributed by atoms with van der Waals surface area (Å²) in [6, 6.07) is 11.1. The van der Waals surface area contributed by atoms with Gasteiger partial charge in [-0.15, -0.1) is 16.4 Å². The minimum absolute atomic E-state index is 0.305. The van der Waals surface area contributed by atoms with Gasteiger partial charge in [0.25, 0.3) is 0 Å². The van der Waals surface area contributed by atoms with Gasteiger partial charge in [-0.1, -0.05) is 30.3 Å². The van der Waals surface area contributed by atoms with Crippen LogP contribution in [0.4, 0.5) is 0 Å². The lowest BCUT2D eigenvalue weighted by Gasteiger charge is -2.15. The Morgan fingerprint density at radius 2 is 2.19 bits per heavy atom. The standard InChI is InChI=1S/C16H20N4S/c1-3-8-17-14(10-13-11-20(2)19-18-13)16-9-12-6-4-5-7-15(12)21-16/h4-7,9,11,14,17H,3,8,10H2,1-2H3. The first kappa shape index (κ1) is 14.2. The Morgan fingerprint density at radius 1 is 1.33 bits per heavy atom. The number of hydrogen-bond donors (Lipinski definition) is 1. The lowest BCUT2D eigenvalue weighted by atomic mass is 10.1. The second-order valence-electron chi connectivity index (χ2n) is 5.28. The number of benzene rings is 1. The number of nitrogens with one attached hydrogen (secondary N) is 1. The van der Waals surface area contributed by atoms with E-state index in [1.54, 1.807) is 4.68 Å². The molecule has 0 fully saturated rings. The van der Waals surface area contributed by atoms with Crippen molar-refractivity contribution in [2.75, 3.05) is 6.54 Å². The third-order valence-corrected chi connectivity index (χ3v) is 4.72. The second kappa shape index (κ2) is 6.37. The fourth-order valence-corrected chi connectivity index (χ4v) is 3.60. The first-order chi connectivity index (χ1) is 10.3. The van der Waals surface area contributed by atoms with E-state index in [1.165, 1.54) is 15.0 Å². The molecule has 3 aromatic rings. The van der Waals surface area contributed by atoms with Crippen LogP contribution in [0.3, 0.4) is 0 Å². The summed E-state index contributed by atoms with van der Waals surface area (Å²) in [6.45, 7) is 3.20. The maximum absolute atomic E-state index is 4.22. The van der Waals surface area contributed by atoms with Crippen LogP contribution in [-0.4, -0.2) is 21.5 Å². The topological polar surface area (TPSA) is 42.7 Å².